The van der Waals surface area contributed by atoms with Crippen LogP contribution in [0, 0.1) is 5.92 Å². The number of carbonyl (C=O) groups excluding carboxylic acids is 2. The molecule has 1 aliphatic rings. The Hall–Kier alpha value is -2.40. The molecule has 1 aromatic heterocycles. The van der Waals surface area contributed by atoms with Crippen LogP contribution in [-0.2, 0) is 25.9 Å². The summed E-state index contributed by atoms with van der Waals surface area (Å²) in [7, 11) is -1.83. The average molecular weight is 496 g/mol. The molecule has 33 heavy (non-hydrogen) atoms. The van der Waals surface area contributed by atoms with Crippen LogP contribution < -0.4 is 5.56 Å². The van der Waals surface area contributed by atoms with Crippen LogP contribution in [0.2, 0.25) is 0 Å². The molecule has 1 aromatic carbocycles. The van der Waals surface area contributed by atoms with Crippen molar-refractivity contribution in [1.82, 2.24) is 14.5 Å². The summed E-state index contributed by atoms with van der Waals surface area (Å²) < 4.78 is 30.0. The first-order valence-electron chi connectivity index (χ1n) is 10.8. The van der Waals surface area contributed by atoms with Crippen LogP contribution in [0.4, 0.5) is 0 Å². The predicted octanol–water partition coefficient (Wildman–Crippen LogP) is 1.97. The van der Waals surface area contributed by atoms with E-state index in [9.17, 15) is 22.8 Å². The molecule has 1 atom stereocenters. The number of sulfone groups is 1. The van der Waals surface area contributed by atoms with Gasteiger partial charge >= 0.3 is 5.97 Å². The van der Waals surface area contributed by atoms with Crippen LogP contribution in [0.1, 0.15) is 37.6 Å². The number of fused-ring (bicyclic) bond motifs is 1. The number of amides is 1. The van der Waals surface area contributed by atoms with Gasteiger partial charge in [-0.1, -0.05) is 25.6 Å². The number of thioether (sulfide) groups is 1. The molecule has 0 bridgehead atoms. The highest BCUT2D eigenvalue weighted by Gasteiger charge is 2.34. The summed E-state index contributed by atoms with van der Waals surface area (Å²) in [5, 5.41) is 0.761. The monoisotopic (exact) mass is 495 g/mol. The van der Waals surface area contributed by atoms with E-state index in [4.69, 9.17) is 4.74 Å². The third-order valence-electron chi connectivity index (χ3n) is 5.52. The number of hydrogen-bond acceptors (Lipinski definition) is 8. The van der Waals surface area contributed by atoms with Gasteiger partial charge in [0, 0.05) is 19.1 Å². The molecule has 180 valence electrons. The molecule has 0 N–H and O–H groups in total. The Labute approximate surface area is 197 Å². The number of ether oxygens (including phenoxy) is 1. The lowest BCUT2D eigenvalue weighted by Gasteiger charge is -2.26. The fourth-order valence-electron chi connectivity index (χ4n) is 3.95. The third-order valence-corrected chi connectivity index (χ3v) is 8.24. The maximum atomic E-state index is 13.2. The summed E-state index contributed by atoms with van der Waals surface area (Å²) >= 11 is 1.14. The van der Waals surface area contributed by atoms with Gasteiger partial charge in [0.25, 0.3) is 5.56 Å². The zero-order valence-corrected chi connectivity index (χ0v) is 20.9. The fourth-order valence-corrected chi connectivity index (χ4v) is 6.58. The first kappa shape index (κ1) is 25.2. The quantitative estimate of drug-likeness (QED) is 0.310. The van der Waals surface area contributed by atoms with Gasteiger partial charge in [0.1, 0.15) is 0 Å². The standard InChI is InChI=1S/C22H29N3O6S2/c1-5-24(16-8-9-33(29,30)13-16)19(26)12-32-22-23-18-10-15(21(28)31-4)6-7-17(18)20(27)25(22)11-14(2)3/h6-7,10,14,16H,5,8-9,11-13H2,1-4H3. The molecule has 0 aliphatic carbocycles. The van der Waals surface area contributed by atoms with Gasteiger partial charge < -0.3 is 9.64 Å². The van der Waals surface area contributed by atoms with Crippen molar-refractivity contribution in [3.63, 3.8) is 0 Å². The topological polar surface area (TPSA) is 116 Å². The van der Waals surface area contributed by atoms with Crippen LogP contribution in [0.25, 0.3) is 10.9 Å². The van der Waals surface area contributed by atoms with Gasteiger partial charge in [0.2, 0.25) is 5.91 Å². The predicted molar refractivity (Wildman–Crippen MR) is 127 cm³/mol. The van der Waals surface area contributed by atoms with E-state index in [1.165, 1.54) is 19.2 Å². The number of benzene rings is 1. The molecule has 3 rings (SSSR count). The van der Waals surface area contributed by atoms with E-state index in [0.717, 1.165) is 11.8 Å². The van der Waals surface area contributed by atoms with Crippen LogP contribution in [0.5, 0.6) is 0 Å². The molecule has 1 amide bonds. The highest BCUT2D eigenvalue weighted by atomic mass is 32.2. The second-order valence-electron chi connectivity index (χ2n) is 8.45. The van der Waals surface area contributed by atoms with Gasteiger partial charge in [0.05, 0.1) is 40.8 Å². The van der Waals surface area contributed by atoms with Crippen LogP contribution in [-0.4, -0.2) is 71.7 Å². The highest BCUT2D eigenvalue weighted by molar-refractivity contribution is 7.99. The Morgan fingerprint density at radius 2 is 2.06 bits per heavy atom. The first-order valence-corrected chi connectivity index (χ1v) is 13.6. The number of esters is 1. The second-order valence-corrected chi connectivity index (χ2v) is 11.6. The van der Waals surface area contributed by atoms with Gasteiger partial charge in [-0.2, -0.15) is 0 Å². The second kappa shape index (κ2) is 10.3. The maximum absolute atomic E-state index is 13.2. The number of rotatable bonds is 8. The Morgan fingerprint density at radius 3 is 2.64 bits per heavy atom. The van der Waals surface area contributed by atoms with Gasteiger partial charge in [-0.15, -0.1) is 0 Å². The van der Waals surface area contributed by atoms with Gasteiger partial charge in [-0.3, -0.25) is 14.2 Å². The molecule has 2 heterocycles. The summed E-state index contributed by atoms with van der Waals surface area (Å²) in [5.41, 5.74) is 0.395. The largest absolute Gasteiger partial charge is 0.465 e. The van der Waals surface area contributed by atoms with Crippen LogP contribution in [0.15, 0.2) is 28.2 Å². The molecule has 9 nitrogen and oxygen atoms in total. The van der Waals surface area contributed by atoms with E-state index in [1.807, 2.05) is 20.8 Å². The molecule has 1 aliphatic heterocycles. The zero-order valence-electron chi connectivity index (χ0n) is 19.2. The summed E-state index contributed by atoms with van der Waals surface area (Å²) in [6, 6.07) is 4.28. The lowest BCUT2D eigenvalue weighted by Crippen LogP contribution is -2.42. The first-order chi connectivity index (χ1) is 15.6. The highest BCUT2D eigenvalue weighted by Crippen LogP contribution is 2.23. The Morgan fingerprint density at radius 1 is 1.33 bits per heavy atom. The zero-order chi connectivity index (χ0) is 24.3. The minimum atomic E-state index is -3.11. The van der Waals surface area contributed by atoms with Crippen molar-refractivity contribution < 1.29 is 22.7 Å². The minimum Gasteiger partial charge on any atom is -0.465 e. The van der Waals surface area contributed by atoms with E-state index in [-0.39, 0.29) is 46.2 Å². The summed E-state index contributed by atoms with van der Waals surface area (Å²) in [6.07, 6.45) is 0.440. The fraction of sp³-hybridized carbons (Fsp3) is 0.545. The van der Waals surface area contributed by atoms with E-state index in [2.05, 4.69) is 4.98 Å². The van der Waals surface area contributed by atoms with Crippen molar-refractivity contribution in [2.24, 2.45) is 5.92 Å². The van der Waals surface area contributed by atoms with E-state index < -0.39 is 15.8 Å². The molecular weight excluding hydrogens is 466 g/mol. The van der Waals surface area contributed by atoms with Crippen LogP contribution in [0.3, 0.4) is 0 Å². The third kappa shape index (κ3) is 5.75. The van der Waals surface area contributed by atoms with Crippen LogP contribution >= 0.6 is 11.8 Å². The summed E-state index contributed by atoms with van der Waals surface area (Å²) in [4.78, 5) is 44.2. The number of aromatic nitrogens is 2. The molecule has 1 unspecified atom stereocenters. The Kier molecular flexibility index (Phi) is 7.84. The number of nitrogens with zero attached hydrogens (tertiary/aromatic N) is 3. The van der Waals surface area contributed by atoms with Gasteiger partial charge in [-0.25, -0.2) is 18.2 Å². The minimum absolute atomic E-state index is 0.0141. The lowest BCUT2D eigenvalue weighted by molar-refractivity contribution is -0.129. The van der Waals surface area contributed by atoms with E-state index in [1.54, 1.807) is 15.5 Å². The molecule has 11 heteroatoms. The molecule has 2 aromatic rings. The van der Waals surface area contributed by atoms with Crippen molar-refractivity contribution >= 4 is 44.4 Å². The number of methoxy groups -OCH3 is 1. The Balaban J connectivity index is 1.91. The number of hydrogen-bond donors (Lipinski definition) is 0. The summed E-state index contributed by atoms with van der Waals surface area (Å²) in [6.45, 7) is 6.62. The average Bonchev–Trinajstić information content (AvgIpc) is 3.13. The van der Waals surface area contributed by atoms with Crippen molar-refractivity contribution in [2.75, 3.05) is 30.9 Å². The number of carbonyl (C=O) groups is 2. The SMILES string of the molecule is CCN(C(=O)CSc1nc2cc(C(=O)OC)ccc2c(=O)n1CC(C)C)C1CCS(=O)(=O)C1. The molecule has 1 fully saturated rings. The van der Waals surface area contributed by atoms with E-state index in [0.29, 0.717) is 35.6 Å². The van der Waals surface area contributed by atoms with Crippen molar-refractivity contribution in [3.05, 3.63) is 34.1 Å². The lowest BCUT2D eigenvalue weighted by atomic mass is 10.1. The van der Waals surface area contributed by atoms with Gasteiger partial charge in [-0.05, 0) is 37.5 Å². The normalized spacial score (nSPS) is 17.4. The molecule has 0 radical (unpaired) electrons. The maximum Gasteiger partial charge on any atom is 0.337 e. The molecule has 0 saturated carbocycles. The molecule has 1 saturated heterocycles. The van der Waals surface area contributed by atoms with Crippen molar-refractivity contribution in [3.8, 4) is 0 Å². The Bertz CT molecular complexity index is 1220. The summed E-state index contributed by atoms with van der Waals surface area (Å²) in [5.74, 6) is -0.450. The smallest absolute Gasteiger partial charge is 0.337 e. The van der Waals surface area contributed by atoms with Crippen molar-refractivity contribution in [2.45, 2.75) is 44.9 Å². The molecule has 0 spiro atoms. The van der Waals surface area contributed by atoms with Gasteiger partial charge in [0.15, 0.2) is 15.0 Å². The van der Waals surface area contributed by atoms with Crippen molar-refractivity contribution in [1.29, 1.82) is 0 Å². The van der Waals surface area contributed by atoms with E-state index >= 15 is 0 Å². The molecular formula is C22H29N3O6S2.